The van der Waals surface area contributed by atoms with Gasteiger partial charge in [-0.15, -0.1) is 10.2 Å². The molecule has 2 aromatic heterocycles. The summed E-state index contributed by atoms with van der Waals surface area (Å²) < 4.78 is 30.7. The van der Waals surface area contributed by atoms with Gasteiger partial charge in [0.15, 0.2) is 0 Å². The van der Waals surface area contributed by atoms with E-state index in [1.165, 1.54) is 6.20 Å². The highest BCUT2D eigenvalue weighted by Gasteiger charge is 2.18. The Hall–Kier alpha value is -3.21. The summed E-state index contributed by atoms with van der Waals surface area (Å²) >= 11 is 3.31. The van der Waals surface area contributed by atoms with Gasteiger partial charge in [-0.3, -0.25) is 19.9 Å². The molecule has 1 aromatic carbocycles. The van der Waals surface area contributed by atoms with Crippen LogP contribution in [0.5, 0.6) is 0 Å². The number of nitrogens with one attached hydrogen (secondary N) is 1. The number of pyridine rings is 1. The first-order valence-electron chi connectivity index (χ1n) is 8.21. The normalized spacial score (nSPS) is 10.8. The van der Waals surface area contributed by atoms with E-state index in [4.69, 9.17) is 4.42 Å². The van der Waals surface area contributed by atoms with E-state index < -0.39 is 18.2 Å². The average molecular weight is 466 g/mol. The minimum atomic E-state index is -2.84. The molecule has 1 N–H and O–H groups in total. The second kappa shape index (κ2) is 8.86. The number of rotatable bonds is 7. The molecule has 2 heterocycles. The van der Waals surface area contributed by atoms with E-state index in [-0.39, 0.29) is 5.89 Å². The summed E-state index contributed by atoms with van der Waals surface area (Å²) in [6, 6.07) is 8.43. The highest BCUT2D eigenvalue weighted by atomic mass is 79.9. The fraction of sp³-hybridized carbons (Fsp3) is 0.167. The monoisotopic (exact) mass is 465 g/mol. The second-order valence-electron chi connectivity index (χ2n) is 5.89. The predicted octanol–water partition coefficient (Wildman–Crippen LogP) is 3.35. The number of imide groups is 1. The Labute approximate surface area is 172 Å². The van der Waals surface area contributed by atoms with Crippen LogP contribution in [-0.4, -0.2) is 34.5 Å². The molecule has 0 unspecified atom stereocenters. The highest BCUT2D eigenvalue weighted by molar-refractivity contribution is 9.10. The standard InChI is InChI=1S/C18H14BrF2N5O3/c1-26(14-5-3-11(19)6-13(14)16(28)23-9-27)8-12-4-2-10(7-22-12)17-24-25-18(29-17)15(20)21/h2-7,9,15H,8H2,1H3,(H,23,27,28). The Bertz CT molecular complexity index is 1030. The van der Waals surface area contributed by atoms with Crippen LogP contribution in [0.25, 0.3) is 11.5 Å². The predicted molar refractivity (Wildman–Crippen MR) is 102 cm³/mol. The Morgan fingerprint density at radius 1 is 1.31 bits per heavy atom. The molecule has 0 aliphatic carbocycles. The van der Waals surface area contributed by atoms with Crippen LogP contribution in [0.4, 0.5) is 14.5 Å². The zero-order chi connectivity index (χ0) is 21.0. The number of alkyl halides is 2. The number of carbonyl (C=O) groups is 2. The largest absolute Gasteiger partial charge is 0.415 e. The maximum atomic E-state index is 12.6. The van der Waals surface area contributed by atoms with Gasteiger partial charge in [0.1, 0.15) is 0 Å². The zero-order valence-electron chi connectivity index (χ0n) is 15.0. The van der Waals surface area contributed by atoms with Crippen LogP contribution in [0.2, 0.25) is 0 Å². The van der Waals surface area contributed by atoms with Gasteiger partial charge in [0.25, 0.3) is 11.8 Å². The first kappa shape index (κ1) is 20.5. The Morgan fingerprint density at radius 3 is 2.72 bits per heavy atom. The van der Waals surface area contributed by atoms with Gasteiger partial charge < -0.3 is 9.32 Å². The summed E-state index contributed by atoms with van der Waals surface area (Å²) in [6.45, 7) is 0.343. The number of hydrogen-bond acceptors (Lipinski definition) is 7. The van der Waals surface area contributed by atoms with Crippen molar-refractivity contribution >= 4 is 33.9 Å². The number of nitrogens with zero attached hydrogens (tertiary/aromatic N) is 4. The minimum Gasteiger partial charge on any atom is -0.415 e. The minimum absolute atomic E-state index is 0.0477. The molecule has 0 fully saturated rings. The molecule has 0 spiro atoms. The van der Waals surface area contributed by atoms with E-state index >= 15 is 0 Å². The number of hydrogen-bond donors (Lipinski definition) is 1. The van der Waals surface area contributed by atoms with Crippen molar-refractivity contribution in [1.29, 1.82) is 0 Å². The molecular formula is C18H14BrF2N5O3. The number of anilines is 1. The summed E-state index contributed by atoms with van der Waals surface area (Å²) in [5.74, 6) is -1.33. The van der Waals surface area contributed by atoms with Crippen molar-refractivity contribution in [2.45, 2.75) is 13.0 Å². The third kappa shape index (κ3) is 4.80. The lowest BCUT2D eigenvalue weighted by Crippen LogP contribution is -2.26. The molecular weight excluding hydrogens is 452 g/mol. The maximum absolute atomic E-state index is 12.6. The van der Waals surface area contributed by atoms with Gasteiger partial charge in [0, 0.05) is 23.4 Å². The van der Waals surface area contributed by atoms with Crippen molar-refractivity contribution in [1.82, 2.24) is 20.5 Å². The van der Waals surface area contributed by atoms with Crippen LogP contribution in [0.1, 0.15) is 28.4 Å². The summed E-state index contributed by atoms with van der Waals surface area (Å²) in [7, 11) is 1.77. The van der Waals surface area contributed by atoms with Gasteiger partial charge in [-0.1, -0.05) is 15.9 Å². The number of carbonyl (C=O) groups excluding carboxylic acids is 2. The fourth-order valence-corrected chi connectivity index (χ4v) is 2.93. The lowest BCUT2D eigenvalue weighted by Gasteiger charge is -2.21. The van der Waals surface area contributed by atoms with Crippen LogP contribution in [0, 0.1) is 0 Å². The smallest absolute Gasteiger partial charge is 0.314 e. The van der Waals surface area contributed by atoms with Crippen molar-refractivity contribution in [3.05, 3.63) is 58.1 Å². The van der Waals surface area contributed by atoms with Gasteiger partial charge in [0.05, 0.1) is 23.4 Å². The number of halogens is 3. The quantitative estimate of drug-likeness (QED) is 0.533. The number of benzene rings is 1. The molecule has 0 saturated carbocycles. The third-order valence-corrected chi connectivity index (χ3v) is 4.40. The molecule has 8 nitrogen and oxygen atoms in total. The van der Waals surface area contributed by atoms with Crippen molar-refractivity contribution in [3.8, 4) is 11.5 Å². The van der Waals surface area contributed by atoms with Crippen LogP contribution < -0.4 is 10.2 Å². The van der Waals surface area contributed by atoms with Crippen molar-refractivity contribution < 1.29 is 22.8 Å². The van der Waals surface area contributed by atoms with Crippen molar-refractivity contribution in [2.75, 3.05) is 11.9 Å². The molecule has 3 aromatic rings. The molecule has 0 aliphatic rings. The van der Waals surface area contributed by atoms with Gasteiger partial charge in [-0.25, -0.2) is 0 Å². The molecule has 0 atom stereocenters. The second-order valence-corrected chi connectivity index (χ2v) is 6.81. The molecule has 0 saturated heterocycles. The summed E-state index contributed by atoms with van der Waals surface area (Å²) in [5, 5.41) is 8.98. The van der Waals surface area contributed by atoms with Crippen LogP contribution in [-0.2, 0) is 11.3 Å². The number of amides is 2. The van der Waals surface area contributed by atoms with Gasteiger partial charge in [-0.2, -0.15) is 8.78 Å². The lowest BCUT2D eigenvalue weighted by atomic mass is 10.1. The molecule has 11 heteroatoms. The molecule has 3 rings (SSSR count). The van der Waals surface area contributed by atoms with Gasteiger partial charge in [0.2, 0.25) is 12.3 Å². The highest BCUT2D eigenvalue weighted by Crippen LogP contribution is 2.26. The first-order valence-corrected chi connectivity index (χ1v) is 9.00. The number of aromatic nitrogens is 3. The van der Waals surface area contributed by atoms with Gasteiger partial charge >= 0.3 is 6.43 Å². The van der Waals surface area contributed by atoms with Crippen LogP contribution >= 0.6 is 15.9 Å². The maximum Gasteiger partial charge on any atom is 0.314 e. The lowest BCUT2D eigenvalue weighted by molar-refractivity contribution is -0.108. The molecule has 0 radical (unpaired) electrons. The Kier molecular flexibility index (Phi) is 6.27. The van der Waals surface area contributed by atoms with Crippen molar-refractivity contribution in [3.63, 3.8) is 0 Å². The third-order valence-electron chi connectivity index (χ3n) is 3.90. The van der Waals surface area contributed by atoms with E-state index in [1.807, 2.05) is 0 Å². The Morgan fingerprint density at radius 2 is 2.10 bits per heavy atom. The molecule has 150 valence electrons. The van der Waals surface area contributed by atoms with Crippen molar-refractivity contribution in [2.24, 2.45) is 0 Å². The van der Waals surface area contributed by atoms with E-state index in [0.717, 1.165) is 0 Å². The zero-order valence-corrected chi connectivity index (χ0v) is 16.6. The summed E-state index contributed by atoms with van der Waals surface area (Å²) in [6.07, 6.45) is -1.08. The topological polar surface area (TPSA) is 101 Å². The fourth-order valence-electron chi connectivity index (χ4n) is 2.57. The van der Waals surface area contributed by atoms with E-state index in [9.17, 15) is 18.4 Å². The van der Waals surface area contributed by atoms with Crippen LogP contribution in [0.3, 0.4) is 0 Å². The SMILES string of the molecule is CN(Cc1ccc(-c2nnc(C(F)F)o2)cn1)c1ccc(Br)cc1C(=O)NC=O. The van der Waals surface area contributed by atoms with Gasteiger partial charge in [-0.05, 0) is 30.3 Å². The van der Waals surface area contributed by atoms with E-state index in [0.29, 0.717) is 39.9 Å². The first-order chi connectivity index (χ1) is 13.9. The molecule has 0 aliphatic heterocycles. The summed E-state index contributed by atoms with van der Waals surface area (Å²) in [4.78, 5) is 28.8. The van der Waals surface area contributed by atoms with E-state index in [2.05, 4.69) is 36.4 Å². The van der Waals surface area contributed by atoms with Crippen LogP contribution in [0.15, 0.2) is 45.4 Å². The molecule has 2 amide bonds. The average Bonchev–Trinajstić information content (AvgIpc) is 3.19. The summed E-state index contributed by atoms with van der Waals surface area (Å²) in [5.41, 5.74) is 1.97. The molecule has 29 heavy (non-hydrogen) atoms. The Balaban J connectivity index is 1.78. The molecule has 0 bridgehead atoms. The van der Waals surface area contributed by atoms with E-state index in [1.54, 1.807) is 42.3 Å².